The lowest BCUT2D eigenvalue weighted by atomic mass is 9.95. The highest BCUT2D eigenvalue weighted by Gasteiger charge is 2.19. The van der Waals surface area contributed by atoms with Gasteiger partial charge in [-0.15, -0.1) is 0 Å². The molecule has 2 atom stereocenters. The second-order valence-corrected chi connectivity index (χ2v) is 10.8. The number of aromatic nitrogens is 3. The second-order valence-electron chi connectivity index (χ2n) is 10.8. The zero-order chi connectivity index (χ0) is 27.2. The van der Waals surface area contributed by atoms with Crippen molar-refractivity contribution in [2.75, 3.05) is 0 Å². The summed E-state index contributed by atoms with van der Waals surface area (Å²) >= 11 is 0. The molecular formula is C35H29N3O2. The standard InChI is InChI=1S/C35H29N3O2/c1-21-7-5-9-25(19-21)34-36-33(37-35(38-34)26-10-6-8-22(2)20-26)24-15-13-23(14-16-24)27-17-18-29-28-11-3-4-12-30(28)40-32(29)31(27)39/h3-7,9-18,20-22,39H,8,19H2,1-2H3. The van der Waals surface area contributed by atoms with Gasteiger partial charge < -0.3 is 9.52 Å². The molecule has 2 aliphatic carbocycles. The Morgan fingerprint density at radius 1 is 0.800 bits per heavy atom. The lowest BCUT2D eigenvalue weighted by Crippen LogP contribution is -2.08. The number of rotatable bonds is 4. The lowest BCUT2D eigenvalue weighted by molar-refractivity contribution is 0.470. The normalized spacial score (nSPS) is 18.8. The summed E-state index contributed by atoms with van der Waals surface area (Å²) < 4.78 is 6.00. The highest BCUT2D eigenvalue weighted by atomic mass is 16.4. The van der Waals surface area contributed by atoms with E-state index in [-0.39, 0.29) is 5.75 Å². The van der Waals surface area contributed by atoms with Gasteiger partial charge >= 0.3 is 0 Å². The zero-order valence-corrected chi connectivity index (χ0v) is 22.5. The first-order valence-corrected chi connectivity index (χ1v) is 13.8. The Kier molecular flexibility index (Phi) is 5.93. The van der Waals surface area contributed by atoms with E-state index in [9.17, 15) is 5.11 Å². The first-order chi connectivity index (χ1) is 19.5. The molecule has 0 bridgehead atoms. The summed E-state index contributed by atoms with van der Waals surface area (Å²) in [6.45, 7) is 4.41. The molecule has 5 aromatic rings. The maximum Gasteiger partial charge on any atom is 0.177 e. The SMILES string of the molecule is CC1C=C(c2nc(C3=CC=CC(C)C3)nc(-c3ccc(-c4ccc5c(oc6ccccc65)c4O)cc3)n2)C=CC1. The van der Waals surface area contributed by atoms with Gasteiger partial charge in [-0.05, 0) is 54.0 Å². The maximum absolute atomic E-state index is 11.1. The molecule has 40 heavy (non-hydrogen) atoms. The van der Waals surface area contributed by atoms with Crippen LogP contribution < -0.4 is 0 Å². The van der Waals surface area contributed by atoms with Crippen molar-refractivity contribution in [2.24, 2.45) is 11.8 Å². The fourth-order valence-corrected chi connectivity index (χ4v) is 5.58. The number of benzene rings is 3. The van der Waals surface area contributed by atoms with Gasteiger partial charge in [0.05, 0.1) is 0 Å². The molecule has 0 saturated heterocycles. The third-order valence-electron chi connectivity index (χ3n) is 7.70. The zero-order valence-electron chi connectivity index (χ0n) is 22.5. The molecule has 3 aromatic carbocycles. The van der Waals surface area contributed by atoms with Crippen LogP contribution in [0.4, 0.5) is 0 Å². The van der Waals surface area contributed by atoms with E-state index < -0.39 is 0 Å². The van der Waals surface area contributed by atoms with E-state index in [1.165, 1.54) is 0 Å². The van der Waals surface area contributed by atoms with Crippen molar-refractivity contribution >= 4 is 33.1 Å². The molecule has 0 amide bonds. The largest absolute Gasteiger partial charge is 0.504 e. The Bertz CT molecular complexity index is 1890. The Labute approximate surface area is 232 Å². The summed E-state index contributed by atoms with van der Waals surface area (Å²) in [7, 11) is 0. The van der Waals surface area contributed by atoms with Gasteiger partial charge in [0.15, 0.2) is 28.8 Å². The Morgan fingerprint density at radius 3 is 2.40 bits per heavy atom. The number of allylic oxidation sites excluding steroid dienone is 8. The monoisotopic (exact) mass is 523 g/mol. The van der Waals surface area contributed by atoms with Crippen molar-refractivity contribution < 1.29 is 9.52 Å². The van der Waals surface area contributed by atoms with Crippen molar-refractivity contribution in [3.8, 4) is 28.3 Å². The van der Waals surface area contributed by atoms with E-state index in [4.69, 9.17) is 19.4 Å². The first kappa shape index (κ1) is 24.3. The molecule has 196 valence electrons. The van der Waals surface area contributed by atoms with Crippen LogP contribution in [0.15, 0.2) is 102 Å². The molecule has 2 heterocycles. The summed E-state index contributed by atoms with van der Waals surface area (Å²) in [5, 5.41) is 13.0. The highest BCUT2D eigenvalue weighted by Crippen LogP contribution is 2.41. The number of nitrogens with zero attached hydrogens (tertiary/aromatic N) is 3. The molecule has 2 unspecified atom stereocenters. The van der Waals surface area contributed by atoms with Gasteiger partial charge in [-0.25, -0.2) is 15.0 Å². The average Bonchev–Trinajstić information content (AvgIpc) is 3.37. The van der Waals surface area contributed by atoms with Crippen LogP contribution >= 0.6 is 0 Å². The van der Waals surface area contributed by atoms with Crippen molar-refractivity contribution in [2.45, 2.75) is 26.7 Å². The summed E-state index contributed by atoms with van der Waals surface area (Å²) in [4.78, 5) is 14.7. The van der Waals surface area contributed by atoms with Crippen LogP contribution in [0.5, 0.6) is 5.75 Å². The van der Waals surface area contributed by atoms with Crippen LogP contribution in [0.1, 0.15) is 38.3 Å². The molecule has 0 fully saturated rings. The maximum atomic E-state index is 11.1. The molecule has 0 spiro atoms. The van der Waals surface area contributed by atoms with E-state index in [0.717, 1.165) is 62.9 Å². The fraction of sp³-hybridized carbons (Fsp3) is 0.171. The minimum absolute atomic E-state index is 0.141. The second kappa shape index (κ2) is 9.76. The Morgan fingerprint density at radius 2 is 1.57 bits per heavy atom. The highest BCUT2D eigenvalue weighted by molar-refractivity contribution is 6.08. The van der Waals surface area contributed by atoms with Crippen molar-refractivity contribution in [3.63, 3.8) is 0 Å². The van der Waals surface area contributed by atoms with Crippen molar-refractivity contribution in [1.82, 2.24) is 15.0 Å². The molecule has 5 nitrogen and oxygen atoms in total. The number of aromatic hydroxyl groups is 1. The van der Waals surface area contributed by atoms with Gasteiger partial charge in [0, 0.05) is 27.5 Å². The van der Waals surface area contributed by atoms with E-state index in [1.54, 1.807) is 0 Å². The minimum Gasteiger partial charge on any atom is -0.504 e. The molecule has 5 heteroatoms. The van der Waals surface area contributed by atoms with Crippen LogP contribution in [0.25, 0.3) is 55.6 Å². The molecule has 1 N–H and O–H groups in total. The van der Waals surface area contributed by atoms with Gasteiger partial charge in [-0.1, -0.05) is 92.8 Å². The lowest BCUT2D eigenvalue weighted by Gasteiger charge is -2.16. The summed E-state index contributed by atoms with van der Waals surface area (Å²) in [6, 6.07) is 19.8. The van der Waals surface area contributed by atoms with Crippen LogP contribution in [-0.4, -0.2) is 20.1 Å². The summed E-state index contributed by atoms with van der Waals surface area (Å²) in [5.74, 6) is 3.08. The average molecular weight is 524 g/mol. The number of hydrogen-bond donors (Lipinski definition) is 1. The Balaban J connectivity index is 1.29. The number of furan rings is 1. The van der Waals surface area contributed by atoms with Crippen LogP contribution in [0.2, 0.25) is 0 Å². The number of hydrogen-bond acceptors (Lipinski definition) is 5. The summed E-state index contributed by atoms with van der Waals surface area (Å²) in [5.41, 5.74) is 5.91. The van der Waals surface area contributed by atoms with E-state index >= 15 is 0 Å². The number of para-hydroxylation sites is 1. The van der Waals surface area contributed by atoms with Gasteiger partial charge in [0.1, 0.15) is 5.58 Å². The van der Waals surface area contributed by atoms with E-state index in [1.807, 2.05) is 60.7 Å². The topological polar surface area (TPSA) is 72.0 Å². The number of phenolic OH excluding ortho intramolecular Hbond substituents is 1. The molecule has 2 aromatic heterocycles. The fourth-order valence-electron chi connectivity index (χ4n) is 5.58. The molecule has 2 aliphatic rings. The molecule has 0 aliphatic heterocycles. The van der Waals surface area contributed by atoms with E-state index in [0.29, 0.717) is 29.1 Å². The van der Waals surface area contributed by atoms with Crippen LogP contribution in [-0.2, 0) is 0 Å². The molecular weight excluding hydrogens is 494 g/mol. The predicted octanol–water partition coefficient (Wildman–Crippen LogP) is 8.77. The Hall–Kier alpha value is -4.77. The van der Waals surface area contributed by atoms with Gasteiger partial charge in [-0.2, -0.15) is 0 Å². The first-order valence-electron chi connectivity index (χ1n) is 13.8. The van der Waals surface area contributed by atoms with E-state index in [2.05, 4.69) is 50.3 Å². The quantitative estimate of drug-likeness (QED) is 0.255. The third kappa shape index (κ3) is 4.34. The number of phenols is 1. The minimum atomic E-state index is 0.141. The smallest absolute Gasteiger partial charge is 0.177 e. The molecule has 0 radical (unpaired) electrons. The third-order valence-corrected chi connectivity index (χ3v) is 7.70. The van der Waals surface area contributed by atoms with Gasteiger partial charge in [0.25, 0.3) is 0 Å². The van der Waals surface area contributed by atoms with Gasteiger partial charge in [-0.3, -0.25) is 0 Å². The molecule has 0 saturated carbocycles. The van der Waals surface area contributed by atoms with Crippen LogP contribution in [0.3, 0.4) is 0 Å². The summed E-state index contributed by atoms with van der Waals surface area (Å²) in [6.07, 6.45) is 14.9. The molecule has 7 rings (SSSR count). The van der Waals surface area contributed by atoms with Gasteiger partial charge in [0.2, 0.25) is 0 Å². The number of fused-ring (bicyclic) bond motifs is 3. The predicted molar refractivity (Wildman–Crippen MR) is 161 cm³/mol. The van der Waals surface area contributed by atoms with Crippen LogP contribution in [0, 0.1) is 11.8 Å². The van der Waals surface area contributed by atoms with Crippen molar-refractivity contribution in [3.05, 3.63) is 109 Å². The van der Waals surface area contributed by atoms with Crippen molar-refractivity contribution in [1.29, 1.82) is 0 Å².